The molecule has 0 radical (unpaired) electrons. The standard InChI is InChI=1S/C12H12N2O3S/c13-8-10-7-9(12(15)16)1-2-11(10)14-3-5-18(17)6-4-14/h1-2,7H,3-6H2,(H,15,16). The van der Waals surface area contributed by atoms with Crippen LogP contribution in [0.4, 0.5) is 5.69 Å². The second-order valence-corrected chi connectivity index (χ2v) is 5.68. The Hall–Kier alpha value is -1.87. The largest absolute Gasteiger partial charge is 0.478 e. The first-order valence-electron chi connectivity index (χ1n) is 5.49. The number of nitriles is 1. The van der Waals surface area contributed by atoms with Crippen LogP contribution in [0.1, 0.15) is 15.9 Å². The highest BCUT2D eigenvalue weighted by Gasteiger charge is 2.19. The van der Waals surface area contributed by atoms with Crippen LogP contribution in [-0.4, -0.2) is 39.9 Å². The van der Waals surface area contributed by atoms with Crippen LogP contribution < -0.4 is 4.90 Å². The predicted octanol–water partition coefficient (Wildman–Crippen LogP) is 0.825. The molecular formula is C12H12N2O3S. The molecule has 1 fully saturated rings. The predicted molar refractivity (Wildman–Crippen MR) is 68.2 cm³/mol. The summed E-state index contributed by atoms with van der Waals surface area (Å²) in [6, 6.07) is 6.54. The Morgan fingerprint density at radius 2 is 2.06 bits per heavy atom. The molecule has 0 spiro atoms. The number of rotatable bonds is 2. The van der Waals surface area contributed by atoms with E-state index < -0.39 is 16.8 Å². The molecule has 1 aliphatic rings. The van der Waals surface area contributed by atoms with Gasteiger partial charge in [-0.15, -0.1) is 0 Å². The van der Waals surface area contributed by atoms with Gasteiger partial charge in [-0.25, -0.2) is 4.79 Å². The van der Waals surface area contributed by atoms with Crippen LogP contribution in [0.25, 0.3) is 0 Å². The minimum absolute atomic E-state index is 0.107. The summed E-state index contributed by atoms with van der Waals surface area (Å²) in [5, 5.41) is 18.0. The summed E-state index contributed by atoms with van der Waals surface area (Å²) in [6.07, 6.45) is 0. The lowest BCUT2D eigenvalue weighted by Crippen LogP contribution is -2.38. The third-order valence-electron chi connectivity index (χ3n) is 2.88. The third kappa shape index (κ3) is 2.51. The van der Waals surface area contributed by atoms with Gasteiger partial charge in [-0.3, -0.25) is 4.21 Å². The van der Waals surface area contributed by atoms with Gasteiger partial charge in [0.2, 0.25) is 0 Å². The number of carboxylic acid groups (broad SMARTS) is 1. The van der Waals surface area contributed by atoms with Gasteiger partial charge in [0, 0.05) is 35.4 Å². The number of carboxylic acids is 1. The van der Waals surface area contributed by atoms with Crippen LogP contribution in [0.3, 0.4) is 0 Å². The van der Waals surface area contributed by atoms with Crippen molar-refractivity contribution in [3.05, 3.63) is 29.3 Å². The molecule has 1 saturated heterocycles. The van der Waals surface area contributed by atoms with Crippen LogP contribution in [0.5, 0.6) is 0 Å². The molecular weight excluding hydrogens is 252 g/mol. The van der Waals surface area contributed by atoms with Crippen molar-refractivity contribution in [2.24, 2.45) is 0 Å². The van der Waals surface area contributed by atoms with Gasteiger partial charge in [-0.2, -0.15) is 5.26 Å². The lowest BCUT2D eigenvalue weighted by atomic mass is 10.1. The Balaban J connectivity index is 2.31. The molecule has 1 N–H and O–H groups in total. The second-order valence-electron chi connectivity index (χ2n) is 3.98. The van der Waals surface area contributed by atoms with Gasteiger partial charge in [-0.05, 0) is 18.2 Å². The zero-order valence-electron chi connectivity index (χ0n) is 9.63. The molecule has 6 heteroatoms. The molecule has 0 saturated carbocycles. The molecule has 0 aromatic heterocycles. The molecule has 1 aliphatic heterocycles. The first-order chi connectivity index (χ1) is 8.61. The van der Waals surface area contributed by atoms with Crippen molar-refractivity contribution in [1.29, 1.82) is 5.26 Å². The smallest absolute Gasteiger partial charge is 0.335 e. The highest BCUT2D eigenvalue weighted by Crippen LogP contribution is 2.22. The van der Waals surface area contributed by atoms with Crippen LogP contribution in [-0.2, 0) is 10.8 Å². The number of anilines is 1. The Bertz CT molecular complexity index is 541. The lowest BCUT2D eigenvalue weighted by Gasteiger charge is -2.29. The number of nitrogens with zero attached hydrogens (tertiary/aromatic N) is 2. The Kier molecular flexibility index (Phi) is 3.63. The van der Waals surface area contributed by atoms with E-state index in [9.17, 15) is 9.00 Å². The number of carbonyl (C=O) groups is 1. The van der Waals surface area contributed by atoms with E-state index in [0.717, 1.165) is 5.69 Å². The van der Waals surface area contributed by atoms with Crippen LogP contribution in [0.15, 0.2) is 18.2 Å². The summed E-state index contributed by atoms with van der Waals surface area (Å²) in [4.78, 5) is 12.8. The molecule has 18 heavy (non-hydrogen) atoms. The number of hydrogen-bond donors (Lipinski definition) is 1. The maximum Gasteiger partial charge on any atom is 0.335 e. The van der Waals surface area contributed by atoms with Crippen molar-refractivity contribution in [3.63, 3.8) is 0 Å². The summed E-state index contributed by atoms with van der Waals surface area (Å²) >= 11 is 0. The van der Waals surface area contributed by atoms with E-state index in [0.29, 0.717) is 30.2 Å². The van der Waals surface area contributed by atoms with Gasteiger partial charge in [0.15, 0.2) is 0 Å². The van der Waals surface area contributed by atoms with Crippen LogP contribution in [0.2, 0.25) is 0 Å². The van der Waals surface area contributed by atoms with E-state index in [4.69, 9.17) is 10.4 Å². The summed E-state index contributed by atoms with van der Waals surface area (Å²) in [6.45, 7) is 1.27. The second kappa shape index (κ2) is 5.19. The summed E-state index contributed by atoms with van der Waals surface area (Å²) < 4.78 is 11.3. The molecule has 0 aliphatic carbocycles. The molecule has 2 rings (SSSR count). The highest BCUT2D eigenvalue weighted by atomic mass is 32.2. The Morgan fingerprint density at radius 1 is 1.39 bits per heavy atom. The highest BCUT2D eigenvalue weighted by molar-refractivity contribution is 7.85. The molecule has 1 aromatic rings. The molecule has 0 amide bonds. The number of benzene rings is 1. The average molecular weight is 264 g/mol. The van der Waals surface area contributed by atoms with Gasteiger partial charge >= 0.3 is 5.97 Å². The van der Waals surface area contributed by atoms with Crippen molar-refractivity contribution in [3.8, 4) is 6.07 Å². The molecule has 1 aromatic carbocycles. The molecule has 5 nitrogen and oxygen atoms in total. The quantitative estimate of drug-likeness (QED) is 0.855. The van der Waals surface area contributed by atoms with Crippen molar-refractivity contribution in [2.75, 3.05) is 29.5 Å². The summed E-state index contributed by atoms with van der Waals surface area (Å²) in [5.41, 5.74) is 1.18. The van der Waals surface area contributed by atoms with Crippen LogP contribution in [0, 0.1) is 11.3 Å². The monoisotopic (exact) mass is 264 g/mol. The fraction of sp³-hybridized carbons (Fsp3) is 0.333. The topological polar surface area (TPSA) is 81.4 Å². The van der Waals surface area contributed by atoms with Crippen molar-refractivity contribution < 1.29 is 14.1 Å². The van der Waals surface area contributed by atoms with Crippen molar-refractivity contribution in [1.82, 2.24) is 0 Å². The van der Waals surface area contributed by atoms with Crippen molar-refractivity contribution >= 4 is 22.5 Å². The summed E-state index contributed by atoms with van der Waals surface area (Å²) in [7, 11) is -0.774. The SMILES string of the molecule is N#Cc1cc(C(=O)O)ccc1N1CCS(=O)CC1. The van der Waals surface area contributed by atoms with E-state index in [2.05, 4.69) is 0 Å². The van der Waals surface area contributed by atoms with Crippen molar-refractivity contribution in [2.45, 2.75) is 0 Å². The fourth-order valence-electron chi connectivity index (χ4n) is 1.91. The molecule has 1 heterocycles. The Labute approximate surface area is 107 Å². The first-order valence-corrected chi connectivity index (χ1v) is 6.98. The van der Waals surface area contributed by atoms with E-state index in [1.807, 2.05) is 11.0 Å². The average Bonchev–Trinajstić information content (AvgIpc) is 2.39. The van der Waals surface area contributed by atoms with Crippen LogP contribution >= 0.6 is 0 Å². The minimum atomic E-state index is -1.04. The fourth-order valence-corrected chi connectivity index (χ4v) is 2.97. The van der Waals surface area contributed by atoms with E-state index in [1.165, 1.54) is 12.1 Å². The van der Waals surface area contributed by atoms with E-state index in [-0.39, 0.29) is 5.56 Å². The maximum absolute atomic E-state index is 11.3. The van der Waals surface area contributed by atoms with Gasteiger partial charge in [0.05, 0.1) is 16.8 Å². The van der Waals surface area contributed by atoms with E-state index >= 15 is 0 Å². The minimum Gasteiger partial charge on any atom is -0.478 e. The zero-order chi connectivity index (χ0) is 13.1. The van der Waals surface area contributed by atoms with Gasteiger partial charge < -0.3 is 10.0 Å². The molecule has 0 bridgehead atoms. The Morgan fingerprint density at radius 3 is 2.61 bits per heavy atom. The third-order valence-corrected chi connectivity index (χ3v) is 4.16. The number of aromatic carboxylic acids is 1. The molecule has 0 atom stereocenters. The first kappa shape index (κ1) is 12.6. The van der Waals surface area contributed by atoms with Gasteiger partial charge in [0.1, 0.15) is 6.07 Å². The summed E-state index contributed by atoms with van der Waals surface area (Å²) in [5.74, 6) is 0.134. The normalized spacial score (nSPS) is 16.3. The molecule has 0 unspecified atom stereocenters. The maximum atomic E-state index is 11.3. The van der Waals surface area contributed by atoms with E-state index in [1.54, 1.807) is 6.07 Å². The van der Waals surface area contributed by atoms with Gasteiger partial charge in [0.25, 0.3) is 0 Å². The lowest BCUT2D eigenvalue weighted by molar-refractivity contribution is 0.0697. The zero-order valence-corrected chi connectivity index (χ0v) is 10.4. The molecule has 94 valence electrons. The number of hydrogen-bond acceptors (Lipinski definition) is 4. The van der Waals surface area contributed by atoms with Gasteiger partial charge in [-0.1, -0.05) is 0 Å².